The second-order valence-corrected chi connectivity index (χ2v) is 5.70. The quantitative estimate of drug-likeness (QED) is 0.735. The summed E-state index contributed by atoms with van der Waals surface area (Å²) < 4.78 is 0. The molecule has 0 bridgehead atoms. The third-order valence-electron chi connectivity index (χ3n) is 3.55. The van der Waals surface area contributed by atoms with Crippen molar-refractivity contribution in [3.63, 3.8) is 0 Å². The Balaban J connectivity index is 2.51. The van der Waals surface area contributed by atoms with Crippen molar-refractivity contribution in [3.8, 4) is 0 Å². The monoisotopic (exact) mass is 227 g/mol. The molecule has 1 amide bonds. The molecule has 4 heteroatoms. The van der Waals surface area contributed by atoms with Gasteiger partial charge in [0.05, 0.1) is 5.41 Å². The molecule has 0 spiro atoms. The largest absolute Gasteiger partial charge is 0.353 e. The number of carbonyl (C=O) groups excluding carboxylic acids is 1. The Morgan fingerprint density at radius 2 is 2.19 bits per heavy atom. The Labute approximate surface area is 98.6 Å². The SMILES string of the molecule is CC1CN(C)CCC1NC(=O)C(C)(C)CN. The number of nitrogens with two attached hydrogens (primary N) is 1. The van der Waals surface area contributed by atoms with E-state index in [0.717, 1.165) is 19.5 Å². The van der Waals surface area contributed by atoms with Crippen molar-refractivity contribution in [2.75, 3.05) is 26.7 Å². The lowest BCUT2D eigenvalue weighted by molar-refractivity contribution is -0.130. The van der Waals surface area contributed by atoms with Crippen molar-refractivity contribution in [3.05, 3.63) is 0 Å². The zero-order chi connectivity index (χ0) is 12.3. The van der Waals surface area contributed by atoms with Gasteiger partial charge in [-0.15, -0.1) is 0 Å². The van der Waals surface area contributed by atoms with E-state index in [9.17, 15) is 4.79 Å². The maximum Gasteiger partial charge on any atom is 0.227 e. The lowest BCUT2D eigenvalue weighted by atomic mass is 9.89. The number of amides is 1. The van der Waals surface area contributed by atoms with Crippen molar-refractivity contribution < 1.29 is 4.79 Å². The molecular formula is C12H25N3O. The lowest BCUT2D eigenvalue weighted by Gasteiger charge is -2.36. The molecule has 1 saturated heterocycles. The summed E-state index contributed by atoms with van der Waals surface area (Å²) >= 11 is 0. The first-order chi connectivity index (χ1) is 7.36. The van der Waals surface area contributed by atoms with E-state index in [2.05, 4.69) is 24.2 Å². The van der Waals surface area contributed by atoms with Crippen molar-refractivity contribution >= 4 is 5.91 Å². The third-order valence-corrected chi connectivity index (χ3v) is 3.55. The van der Waals surface area contributed by atoms with Crippen LogP contribution in [-0.4, -0.2) is 43.5 Å². The van der Waals surface area contributed by atoms with Crippen molar-refractivity contribution in [1.29, 1.82) is 0 Å². The highest BCUT2D eigenvalue weighted by Crippen LogP contribution is 2.18. The van der Waals surface area contributed by atoms with Crippen LogP contribution in [0.3, 0.4) is 0 Å². The Hall–Kier alpha value is -0.610. The summed E-state index contributed by atoms with van der Waals surface area (Å²) in [5, 5.41) is 3.13. The van der Waals surface area contributed by atoms with Crippen LogP contribution in [0, 0.1) is 11.3 Å². The van der Waals surface area contributed by atoms with Crippen LogP contribution in [0.1, 0.15) is 27.2 Å². The summed E-state index contributed by atoms with van der Waals surface area (Å²) in [5.41, 5.74) is 5.14. The van der Waals surface area contributed by atoms with E-state index in [1.807, 2.05) is 13.8 Å². The molecule has 0 aliphatic carbocycles. The average Bonchev–Trinajstić information content (AvgIpc) is 2.22. The van der Waals surface area contributed by atoms with E-state index in [-0.39, 0.29) is 5.91 Å². The van der Waals surface area contributed by atoms with Crippen LogP contribution in [0.25, 0.3) is 0 Å². The molecule has 0 aromatic heterocycles. The first kappa shape index (κ1) is 13.5. The van der Waals surface area contributed by atoms with Gasteiger partial charge in [-0.25, -0.2) is 0 Å². The standard InChI is InChI=1S/C12H25N3O/c1-9-7-15(4)6-5-10(9)14-11(16)12(2,3)8-13/h9-10H,5-8,13H2,1-4H3,(H,14,16). The van der Waals surface area contributed by atoms with Gasteiger partial charge in [0.25, 0.3) is 0 Å². The molecule has 4 nitrogen and oxygen atoms in total. The number of hydrogen-bond donors (Lipinski definition) is 2. The summed E-state index contributed by atoms with van der Waals surface area (Å²) in [6.45, 7) is 8.46. The molecule has 0 radical (unpaired) electrons. The van der Waals surface area contributed by atoms with Crippen molar-refractivity contribution in [2.24, 2.45) is 17.1 Å². The van der Waals surface area contributed by atoms with Crippen LogP contribution in [-0.2, 0) is 4.79 Å². The molecule has 94 valence electrons. The van der Waals surface area contributed by atoms with Gasteiger partial charge in [0.15, 0.2) is 0 Å². The third kappa shape index (κ3) is 3.19. The van der Waals surface area contributed by atoms with E-state index < -0.39 is 5.41 Å². The zero-order valence-corrected chi connectivity index (χ0v) is 10.9. The highest BCUT2D eigenvalue weighted by molar-refractivity contribution is 5.82. The van der Waals surface area contributed by atoms with Gasteiger partial charge < -0.3 is 16.0 Å². The molecule has 2 unspecified atom stereocenters. The molecule has 0 aromatic carbocycles. The first-order valence-electron chi connectivity index (χ1n) is 6.06. The summed E-state index contributed by atoms with van der Waals surface area (Å²) in [5.74, 6) is 0.590. The van der Waals surface area contributed by atoms with Gasteiger partial charge in [-0.05, 0) is 39.8 Å². The maximum atomic E-state index is 12.0. The van der Waals surface area contributed by atoms with Gasteiger partial charge in [-0.3, -0.25) is 4.79 Å². The summed E-state index contributed by atoms with van der Waals surface area (Å²) in [6, 6.07) is 0.300. The fourth-order valence-corrected chi connectivity index (χ4v) is 2.03. The molecule has 1 rings (SSSR count). The second-order valence-electron chi connectivity index (χ2n) is 5.70. The van der Waals surface area contributed by atoms with Gasteiger partial charge in [0.1, 0.15) is 0 Å². The number of nitrogens with zero attached hydrogens (tertiary/aromatic N) is 1. The minimum absolute atomic E-state index is 0.0800. The van der Waals surface area contributed by atoms with Gasteiger partial charge in [0.2, 0.25) is 5.91 Å². The van der Waals surface area contributed by atoms with Crippen LogP contribution in [0.4, 0.5) is 0 Å². The summed E-state index contributed by atoms with van der Waals surface area (Å²) in [6.07, 6.45) is 1.03. The number of piperidine rings is 1. The normalized spacial score (nSPS) is 27.8. The van der Waals surface area contributed by atoms with Gasteiger partial charge >= 0.3 is 0 Å². The second kappa shape index (κ2) is 5.15. The fraction of sp³-hybridized carbons (Fsp3) is 0.917. The molecule has 0 aromatic rings. The topological polar surface area (TPSA) is 58.4 Å². The van der Waals surface area contributed by atoms with Gasteiger partial charge in [-0.2, -0.15) is 0 Å². The predicted octanol–water partition coefficient (Wildman–Crippen LogP) is 0.428. The maximum absolute atomic E-state index is 12.0. The Morgan fingerprint density at radius 1 is 1.56 bits per heavy atom. The molecule has 1 aliphatic heterocycles. The molecule has 3 N–H and O–H groups in total. The molecule has 2 atom stereocenters. The molecular weight excluding hydrogens is 202 g/mol. The summed E-state index contributed by atoms with van der Waals surface area (Å²) in [4.78, 5) is 14.3. The number of hydrogen-bond acceptors (Lipinski definition) is 3. The number of likely N-dealkylation sites (tertiary alicyclic amines) is 1. The molecule has 0 saturated carbocycles. The van der Waals surface area contributed by atoms with Crippen molar-refractivity contribution in [1.82, 2.24) is 10.2 Å². The highest BCUT2D eigenvalue weighted by atomic mass is 16.2. The predicted molar refractivity (Wildman–Crippen MR) is 66.0 cm³/mol. The van der Waals surface area contributed by atoms with E-state index in [1.165, 1.54) is 0 Å². The van der Waals surface area contributed by atoms with Crippen LogP contribution < -0.4 is 11.1 Å². The minimum Gasteiger partial charge on any atom is -0.353 e. The average molecular weight is 227 g/mol. The van der Waals surface area contributed by atoms with E-state index in [1.54, 1.807) is 0 Å². The first-order valence-corrected chi connectivity index (χ1v) is 6.06. The summed E-state index contributed by atoms with van der Waals surface area (Å²) in [7, 11) is 2.12. The molecule has 1 fully saturated rings. The van der Waals surface area contributed by atoms with E-state index >= 15 is 0 Å². The van der Waals surface area contributed by atoms with Crippen LogP contribution in [0.15, 0.2) is 0 Å². The number of carbonyl (C=O) groups is 1. The van der Waals surface area contributed by atoms with Crippen LogP contribution >= 0.6 is 0 Å². The van der Waals surface area contributed by atoms with Gasteiger partial charge in [0, 0.05) is 19.1 Å². The Morgan fingerprint density at radius 3 is 2.69 bits per heavy atom. The zero-order valence-electron chi connectivity index (χ0n) is 10.9. The highest BCUT2D eigenvalue weighted by Gasteiger charge is 2.31. The number of rotatable bonds is 3. The van der Waals surface area contributed by atoms with Crippen molar-refractivity contribution in [2.45, 2.75) is 33.2 Å². The van der Waals surface area contributed by atoms with Crippen LogP contribution in [0.5, 0.6) is 0 Å². The molecule has 1 heterocycles. The smallest absolute Gasteiger partial charge is 0.227 e. The Bertz CT molecular complexity index is 253. The molecule has 16 heavy (non-hydrogen) atoms. The fourth-order valence-electron chi connectivity index (χ4n) is 2.03. The minimum atomic E-state index is -0.455. The molecule has 1 aliphatic rings. The van der Waals surface area contributed by atoms with Crippen LogP contribution in [0.2, 0.25) is 0 Å². The van der Waals surface area contributed by atoms with E-state index in [4.69, 9.17) is 5.73 Å². The lowest BCUT2D eigenvalue weighted by Crippen LogP contribution is -2.53. The van der Waals surface area contributed by atoms with E-state index in [0.29, 0.717) is 18.5 Å². The number of nitrogens with one attached hydrogen (secondary N) is 1. The Kier molecular flexibility index (Phi) is 4.33. The van der Waals surface area contributed by atoms with Gasteiger partial charge in [-0.1, -0.05) is 6.92 Å².